The molecule has 1 aromatic carbocycles. The summed E-state index contributed by atoms with van der Waals surface area (Å²) in [5.41, 5.74) is -1.12. The SMILES string of the molecule is COC(=O)C[C@]1(C(=O)OC)[C@@H]2C(=O)N(c3ccc(Br)cc3)C(=O)[C@@H]2[C@@H]2CSCN21. The highest BCUT2D eigenvalue weighted by molar-refractivity contribution is 9.10. The van der Waals surface area contributed by atoms with Crippen molar-refractivity contribution < 1.29 is 28.7 Å². The Morgan fingerprint density at radius 3 is 2.48 bits per heavy atom. The molecule has 4 atom stereocenters. The average molecular weight is 483 g/mol. The standard InChI is InChI=1S/C19H19BrN2O6S/c1-27-13(23)7-19(18(26)28-2)15-14(12-8-29-9-21(12)19)16(24)22(17(15)25)11-5-3-10(20)4-6-11/h3-6,12,14-15H,7-9H2,1-2H3/t12-,14+,15-,19+/m0/s1. The Labute approximate surface area is 180 Å². The number of methoxy groups -OCH3 is 2. The van der Waals surface area contributed by atoms with Crippen LogP contribution in [0, 0.1) is 11.8 Å². The molecule has 3 heterocycles. The molecule has 10 heteroatoms. The summed E-state index contributed by atoms with van der Waals surface area (Å²) in [6, 6.07) is 6.49. The van der Waals surface area contributed by atoms with Crippen molar-refractivity contribution in [2.45, 2.75) is 18.0 Å². The molecule has 0 saturated carbocycles. The maximum absolute atomic E-state index is 13.5. The Morgan fingerprint density at radius 1 is 1.17 bits per heavy atom. The first-order chi connectivity index (χ1) is 13.9. The van der Waals surface area contributed by atoms with E-state index < -0.39 is 35.2 Å². The summed E-state index contributed by atoms with van der Waals surface area (Å²) in [6.07, 6.45) is -0.346. The van der Waals surface area contributed by atoms with E-state index >= 15 is 0 Å². The number of fused-ring (bicyclic) bond motifs is 3. The molecule has 0 bridgehead atoms. The fourth-order valence-electron chi connectivity index (χ4n) is 4.77. The summed E-state index contributed by atoms with van der Waals surface area (Å²) >= 11 is 4.90. The molecule has 3 aliphatic rings. The molecule has 29 heavy (non-hydrogen) atoms. The van der Waals surface area contributed by atoms with E-state index in [1.54, 1.807) is 40.9 Å². The lowest BCUT2D eigenvalue weighted by Gasteiger charge is -2.37. The molecule has 0 N–H and O–H groups in total. The van der Waals surface area contributed by atoms with Gasteiger partial charge in [0.05, 0.1) is 38.2 Å². The van der Waals surface area contributed by atoms with Crippen molar-refractivity contribution in [3.8, 4) is 0 Å². The van der Waals surface area contributed by atoms with Crippen molar-refractivity contribution in [1.82, 2.24) is 4.90 Å². The summed E-state index contributed by atoms with van der Waals surface area (Å²) in [7, 11) is 2.45. The van der Waals surface area contributed by atoms with Gasteiger partial charge in [-0.25, -0.2) is 4.90 Å². The number of hydrogen-bond donors (Lipinski definition) is 0. The fourth-order valence-corrected chi connectivity index (χ4v) is 6.38. The van der Waals surface area contributed by atoms with Crippen LogP contribution in [0.5, 0.6) is 0 Å². The van der Waals surface area contributed by atoms with Gasteiger partial charge in [0.1, 0.15) is 5.54 Å². The second kappa shape index (κ2) is 7.41. The summed E-state index contributed by atoms with van der Waals surface area (Å²) in [6.45, 7) is 0. The highest BCUT2D eigenvalue weighted by Crippen LogP contribution is 2.55. The maximum Gasteiger partial charge on any atom is 0.327 e. The molecular weight excluding hydrogens is 464 g/mol. The third kappa shape index (κ3) is 2.83. The number of thioether (sulfide) groups is 1. The van der Waals surface area contributed by atoms with Crippen LogP contribution in [0.3, 0.4) is 0 Å². The lowest BCUT2D eigenvalue weighted by Crippen LogP contribution is -2.59. The molecule has 3 saturated heterocycles. The van der Waals surface area contributed by atoms with Crippen LogP contribution in [0.2, 0.25) is 0 Å². The topological polar surface area (TPSA) is 93.2 Å². The molecule has 0 spiro atoms. The zero-order chi connectivity index (χ0) is 20.9. The highest BCUT2D eigenvalue weighted by Gasteiger charge is 2.73. The van der Waals surface area contributed by atoms with Crippen molar-refractivity contribution in [3.63, 3.8) is 0 Å². The van der Waals surface area contributed by atoms with E-state index in [0.29, 0.717) is 17.3 Å². The van der Waals surface area contributed by atoms with E-state index in [-0.39, 0.29) is 18.4 Å². The second-order valence-corrected chi connectivity index (χ2v) is 9.11. The first-order valence-corrected chi connectivity index (χ1v) is 10.9. The number of amides is 2. The van der Waals surface area contributed by atoms with Crippen molar-refractivity contribution in [1.29, 1.82) is 0 Å². The van der Waals surface area contributed by atoms with Crippen LogP contribution < -0.4 is 4.90 Å². The molecule has 154 valence electrons. The van der Waals surface area contributed by atoms with Gasteiger partial charge in [-0.1, -0.05) is 15.9 Å². The number of anilines is 1. The summed E-state index contributed by atoms with van der Waals surface area (Å²) in [5.74, 6) is -2.86. The van der Waals surface area contributed by atoms with Crippen molar-refractivity contribution >= 4 is 57.1 Å². The van der Waals surface area contributed by atoms with Crippen molar-refractivity contribution in [2.24, 2.45) is 11.8 Å². The maximum atomic E-state index is 13.5. The third-order valence-corrected chi connectivity index (χ3v) is 7.54. The minimum absolute atomic E-state index is 0.328. The van der Waals surface area contributed by atoms with Crippen LogP contribution >= 0.6 is 27.7 Å². The van der Waals surface area contributed by atoms with E-state index in [1.807, 2.05) is 0 Å². The van der Waals surface area contributed by atoms with Crippen LogP contribution in [0.15, 0.2) is 28.7 Å². The number of rotatable bonds is 4. The van der Waals surface area contributed by atoms with E-state index in [2.05, 4.69) is 15.9 Å². The lowest BCUT2D eigenvalue weighted by molar-refractivity contribution is -0.164. The molecule has 3 aliphatic heterocycles. The number of nitrogens with zero attached hydrogens (tertiary/aromatic N) is 2. The second-order valence-electron chi connectivity index (χ2n) is 7.20. The first-order valence-electron chi connectivity index (χ1n) is 9.00. The molecule has 0 aliphatic carbocycles. The Bertz CT molecular complexity index is 893. The number of imide groups is 1. The first kappa shape index (κ1) is 20.4. The van der Waals surface area contributed by atoms with E-state index in [1.165, 1.54) is 14.2 Å². The number of ether oxygens (including phenoxy) is 2. The third-order valence-electron chi connectivity index (χ3n) is 5.98. The number of carbonyl (C=O) groups excluding carboxylic acids is 4. The largest absolute Gasteiger partial charge is 0.469 e. The van der Waals surface area contributed by atoms with E-state index in [9.17, 15) is 19.2 Å². The normalized spacial score (nSPS) is 31.0. The van der Waals surface area contributed by atoms with Crippen molar-refractivity contribution in [2.75, 3.05) is 30.7 Å². The van der Waals surface area contributed by atoms with Crippen LogP contribution in [-0.4, -0.2) is 66.1 Å². The number of carbonyl (C=O) groups is 4. The molecule has 1 aromatic rings. The predicted molar refractivity (Wildman–Crippen MR) is 108 cm³/mol. The van der Waals surface area contributed by atoms with Crippen LogP contribution in [0.25, 0.3) is 0 Å². The average Bonchev–Trinajstić information content (AvgIpc) is 3.36. The monoisotopic (exact) mass is 482 g/mol. The van der Waals surface area contributed by atoms with Crippen LogP contribution in [-0.2, 0) is 28.7 Å². The van der Waals surface area contributed by atoms with Crippen LogP contribution in [0.1, 0.15) is 6.42 Å². The van der Waals surface area contributed by atoms with Gasteiger partial charge in [0.25, 0.3) is 0 Å². The van der Waals surface area contributed by atoms with Gasteiger partial charge in [-0.2, -0.15) is 0 Å². The minimum Gasteiger partial charge on any atom is -0.469 e. The Balaban J connectivity index is 1.84. The van der Waals surface area contributed by atoms with Gasteiger partial charge in [0, 0.05) is 22.1 Å². The molecule has 8 nitrogen and oxygen atoms in total. The number of halogens is 1. The molecule has 0 radical (unpaired) electrons. The highest BCUT2D eigenvalue weighted by atomic mass is 79.9. The molecule has 0 aromatic heterocycles. The van der Waals surface area contributed by atoms with Gasteiger partial charge in [-0.3, -0.25) is 24.1 Å². The van der Waals surface area contributed by atoms with Gasteiger partial charge < -0.3 is 9.47 Å². The molecule has 3 fully saturated rings. The fraction of sp³-hybridized carbons (Fsp3) is 0.474. The molecular formula is C19H19BrN2O6S. The summed E-state index contributed by atoms with van der Waals surface area (Å²) < 4.78 is 10.7. The van der Waals surface area contributed by atoms with Gasteiger partial charge in [-0.15, -0.1) is 11.8 Å². The number of esters is 2. The molecule has 4 rings (SSSR count). The zero-order valence-electron chi connectivity index (χ0n) is 15.8. The smallest absolute Gasteiger partial charge is 0.327 e. The Morgan fingerprint density at radius 2 is 1.86 bits per heavy atom. The van der Waals surface area contributed by atoms with Crippen LogP contribution in [0.4, 0.5) is 5.69 Å². The molecule has 0 unspecified atom stereocenters. The van der Waals surface area contributed by atoms with Crippen molar-refractivity contribution in [3.05, 3.63) is 28.7 Å². The Kier molecular flexibility index (Phi) is 5.20. The van der Waals surface area contributed by atoms with E-state index in [0.717, 1.165) is 9.37 Å². The predicted octanol–water partition coefficient (Wildman–Crippen LogP) is 1.42. The lowest BCUT2D eigenvalue weighted by atomic mass is 9.77. The minimum atomic E-state index is -1.56. The molecule has 2 amide bonds. The van der Waals surface area contributed by atoms with E-state index in [4.69, 9.17) is 9.47 Å². The number of benzene rings is 1. The van der Waals surface area contributed by atoms with Gasteiger partial charge in [0.15, 0.2) is 0 Å². The summed E-state index contributed by atoms with van der Waals surface area (Å²) in [4.78, 5) is 55.1. The van der Waals surface area contributed by atoms with Gasteiger partial charge >= 0.3 is 11.9 Å². The zero-order valence-corrected chi connectivity index (χ0v) is 18.2. The van der Waals surface area contributed by atoms with Gasteiger partial charge in [-0.05, 0) is 24.3 Å². The Hall–Kier alpha value is -1.91. The summed E-state index contributed by atoms with van der Waals surface area (Å²) in [5, 5.41) is 0. The van der Waals surface area contributed by atoms with Gasteiger partial charge in [0.2, 0.25) is 11.8 Å². The number of hydrogen-bond acceptors (Lipinski definition) is 8. The quantitative estimate of drug-likeness (QED) is 0.469.